The summed E-state index contributed by atoms with van der Waals surface area (Å²) in [4.78, 5) is 0. The molecule has 0 radical (unpaired) electrons. The van der Waals surface area contributed by atoms with Crippen molar-refractivity contribution in [1.82, 2.24) is 0 Å². The number of rotatable bonds is 1. The lowest BCUT2D eigenvalue weighted by Crippen LogP contribution is -2.27. The van der Waals surface area contributed by atoms with Crippen LogP contribution in [-0.4, -0.2) is 5.38 Å². The standard InChI is InChI=1S/C7H13Cl/c1-5-3-7(4-5)6(2)8/h5-7H,3-4H2,1-2H3. The van der Waals surface area contributed by atoms with E-state index in [1.807, 2.05) is 0 Å². The molecule has 0 aromatic rings. The van der Waals surface area contributed by atoms with E-state index in [2.05, 4.69) is 13.8 Å². The molecule has 8 heavy (non-hydrogen) atoms. The number of hydrogen-bond donors (Lipinski definition) is 0. The van der Waals surface area contributed by atoms with Crippen molar-refractivity contribution in [2.45, 2.75) is 32.1 Å². The Morgan fingerprint density at radius 2 is 2.00 bits per heavy atom. The molecule has 1 saturated carbocycles. The van der Waals surface area contributed by atoms with Crippen LogP contribution in [0, 0.1) is 11.8 Å². The van der Waals surface area contributed by atoms with Gasteiger partial charge in [-0.1, -0.05) is 6.92 Å². The Kier molecular flexibility index (Phi) is 1.81. The molecule has 0 nitrogen and oxygen atoms in total. The molecule has 0 aromatic carbocycles. The van der Waals surface area contributed by atoms with E-state index in [0.717, 1.165) is 11.8 Å². The van der Waals surface area contributed by atoms with Crippen LogP contribution in [0.25, 0.3) is 0 Å². The minimum absolute atomic E-state index is 0.409. The van der Waals surface area contributed by atoms with Crippen LogP contribution >= 0.6 is 11.6 Å². The van der Waals surface area contributed by atoms with E-state index >= 15 is 0 Å². The van der Waals surface area contributed by atoms with E-state index in [9.17, 15) is 0 Å². The van der Waals surface area contributed by atoms with Gasteiger partial charge in [-0.3, -0.25) is 0 Å². The van der Waals surface area contributed by atoms with Gasteiger partial charge in [-0.25, -0.2) is 0 Å². The summed E-state index contributed by atoms with van der Waals surface area (Å²) < 4.78 is 0. The summed E-state index contributed by atoms with van der Waals surface area (Å²) in [5, 5.41) is 0.409. The van der Waals surface area contributed by atoms with Crippen LogP contribution in [0.3, 0.4) is 0 Å². The molecule has 0 bridgehead atoms. The summed E-state index contributed by atoms with van der Waals surface area (Å²) in [7, 11) is 0. The minimum atomic E-state index is 0.409. The Morgan fingerprint density at radius 3 is 2.12 bits per heavy atom. The quantitative estimate of drug-likeness (QED) is 0.482. The highest BCUT2D eigenvalue weighted by atomic mass is 35.5. The fourth-order valence-electron chi connectivity index (χ4n) is 1.34. The van der Waals surface area contributed by atoms with E-state index < -0.39 is 0 Å². The lowest BCUT2D eigenvalue weighted by molar-refractivity contribution is 0.210. The molecule has 1 heteroatoms. The highest BCUT2D eigenvalue weighted by Crippen LogP contribution is 2.37. The molecule has 0 aliphatic heterocycles. The number of halogens is 1. The average Bonchev–Trinajstić information content (AvgIpc) is 1.57. The van der Waals surface area contributed by atoms with Gasteiger partial charge in [0.1, 0.15) is 0 Å². The van der Waals surface area contributed by atoms with E-state index in [4.69, 9.17) is 11.6 Å². The summed E-state index contributed by atoms with van der Waals surface area (Å²) in [5.41, 5.74) is 0. The van der Waals surface area contributed by atoms with Gasteiger partial charge in [0, 0.05) is 5.38 Å². The van der Waals surface area contributed by atoms with Crippen molar-refractivity contribution in [2.24, 2.45) is 11.8 Å². The second-order valence-electron chi connectivity index (χ2n) is 3.01. The zero-order valence-corrected chi connectivity index (χ0v) is 6.28. The minimum Gasteiger partial charge on any atom is -0.123 e. The highest BCUT2D eigenvalue weighted by molar-refractivity contribution is 6.20. The molecule has 0 saturated heterocycles. The molecule has 0 amide bonds. The molecule has 0 spiro atoms. The Balaban J connectivity index is 2.15. The van der Waals surface area contributed by atoms with Crippen LogP contribution in [-0.2, 0) is 0 Å². The van der Waals surface area contributed by atoms with Gasteiger partial charge in [0.25, 0.3) is 0 Å². The van der Waals surface area contributed by atoms with Gasteiger partial charge in [0.2, 0.25) is 0 Å². The van der Waals surface area contributed by atoms with Crippen molar-refractivity contribution < 1.29 is 0 Å². The molecule has 48 valence electrons. The Hall–Kier alpha value is 0.290. The average molecular weight is 133 g/mol. The molecule has 1 atom stereocenters. The van der Waals surface area contributed by atoms with Gasteiger partial charge in [-0.15, -0.1) is 11.6 Å². The molecule has 1 rings (SSSR count). The van der Waals surface area contributed by atoms with Gasteiger partial charge >= 0.3 is 0 Å². The Morgan fingerprint density at radius 1 is 1.50 bits per heavy atom. The van der Waals surface area contributed by atoms with Gasteiger partial charge in [-0.2, -0.15) is 0 Å². The van der Waals surface area contributed by atoms with Crippen LogP contribution in [0.1, 0.15) is 26.7 Å². The molecule has 1 fully saturated rings. The molecule has 1 unspecified atom stereocenters. The van der Waals surface area contributed by atoms with Crippen LogP contribution in [0.5, 0.6) is 0 Å². The van der Waals surface area contributed by atoms with Crippen molar-refractivity contribution in [3.05, 3.63) is 0 Å². The summed E-state index contributed by atoms with van der Waals surface area (Å²) in [6, 6.07) is 0. The Bertz CT molecular complexity index is 72.5. The normalized spacial score (nSPS) is 40.9. The third-order valence-corrected chi connectivity index (χ3v) is 2.42. The van der Waals surface area contributed by atoms with Crippen LogP contribution in [0.4, 0.5) is 0 Å². The summed E-state index contributed by atoms with van der Waals surface area (Å²) in [6.07, 6.45) is 2.70. The zero-order chi connectivity index (χ0) is 6.15. The third kappa shape index (κ3) is 1.17. The molecular weight excluding hydrogens is 120 g/mol. The number of alkyl halides is 1. The molecule has 0 aromatic heterocycles. The molecule has 0 N–H and O–H groups in total. The summed E-state index contributed by atoms with van der Waals surface area (Å²) in [6.45, 7) is 4.38. The molecule has 1 aliphatic rings. The first kappa shape index (κ1) is 6.41. The monoisotopic (exact) mass is 132 g/mol. The van der Waals surface area contributed by atoms with Gasteiger partial charge in [-0.05, 0) is 31.6 Å². The maximum atomic E-state index is 5.84. The van der Waals surface area contributed by atoms with Gasteiger partial charge in [0.15, 0.2) is 0 Å². The number of hydrogen-bond acceptors (Lipinski definition) is 0. The smallest absolute Gasteiger partial charge is 0.0336 e. The van der Waals surface area contributed by atoms with Gasteiger partial charge < -0.3 is 0 Å². The van der Waals surface area contributed by atoms with Crippen molar-refractivity contribution in [1.29, 1.82) is 0 Å². The lowest BCUT2D eigenvalue weighted by Gasteiger charge is -2.34. The van der Waals surface area contributed by atoms with E-state index in [1.165, 1.54) is 12.8 Å². The van der Waals surface area contributed by atoms with Crippen molar-refractivity contribution in [3.8, 4) is 0 Å². The van der Waals surface area contributed by atoms with E-state index in [-0.39, 0.29) is 0 Å². The first-order valence-corrected chi connectivity index (χ1v) is 3.78. The molecule has 0 heterocycles. The first-order valence-electron chi connectivity index (χ1n) is 3.34. The molecular formula is C7H13Cl. The molecule has 1 aliphatic carbocycles. The highest BCUT2D eigenvalue weighted by Gasteiger charge is 2.28. The fourth-order valence-corrected chi connectivity index (χ4v) is 1.55. The van der Waals surface area contributed by atoms with Crippen LogP contribution < -0.4 is 0 Å². The van der Waals surface area contributed by atoms with Crippen molar-refractivity contribution >= 4 is 11.6 Å². The van der Waals surface area contributed by atoms with E-state index in [0.29, 0.717) is 5.38 Å². The van der Waals surface area contributed by atoms with Crippen LogP contribution in [0.2, 0.25) is 0 Å². The largest absolute Gasteiger partial charge is 0.123 e. The summed E-state index contributed by atoms with van der Waals surface area (Å²) >= 11 is 5.84. The van der Waals surface area contributed by atoms with Gasteiger partial charge in [0.05, 0.1) is 0 Å². The van der Waals surface area contributed by atoms with E-state index in [1.54, 1.807) is 0 Å². The topological polar surface area (TPSA) is 0 Å². The lowest BCUT2D eigenvalue weighted by atomic mass is 9.75. The first-order chi connectivity index (χ1) is 3.70. The van der Waals surface area contributed by atoms with Crippen molar-refractivity contribution in [3.63, 3.8) is 0 Å². The predicted molar refractivity (Wildman–Crippen MR) is 37.2 cm³/mol. The maximum absolute atomic E-state index is 5.84. The SMILES string of the molecule is CC1CC(C(C)Cl)C1. The Labute approximate surface area is 56.2 Å². The van der Waals surface area contributed by atoms with Crippen molar-refractivity contribution in [2.75, 3.05) is 0 Å². The fraction of sp³-hybridized carbons (Fsp3) is 1.00. The summed E-state index contributed by atoms with van der Waals surface area (Å²) in [5.74, 6) is 1.77. The second-order valence-corrected chi connectivity index (χ2v) is 3.70. The maximum Gasteiger partial charge on any atom is 0.0336 e. The second kappa shape index (κ2) is 2.26. The zero-order valence-electron chi connectivity index (χ0n) is 5.52. The predicted octanol–water partition coefficient (Wildman–Crippen LogP) is 2.66. The third-order valence-electron chi connectivity index (χ3n) is 2.06. The van der Waals surface area contributed by atoms with Crippen LogP contribution in [0.15, 0.2) is 0 Å².